The van der Waals surface area contributed by atoms with Crippen molar-refractivity contribution in [3.63, 3.8) is 0 Å². The third-order valence-corrected chi connectivity index (χ3v) is 4.77. The number of aliphatic hydroxyl groups is 1. The highest BCUT2D eigenvalue weighted by Gasteiger charge is 2.19. The molecule has 4 rings (SSSR count). The number of fused-ring (bicyclic) bond motifs is 3. The molecule has 26 heavy (non-hydrogen) atoms. The van der Waals surface area contributed by atoms with Crippen LogP contribution in [0.25, 0.3) is 21.7 Å². The maximum Gasteiger partial charge on any atom is 0.291 e. The van der Waals surface area contributed by atoms with Crippen molar-refractivity contribution in [2.24, 2.45) is 0 Å². The molecule has 0 radical (unpaired) electrons. The van der Waals surface area contributed by atoms with Gasteiger partial charge in [0.1, 0.15) is 5.58 Å². The summed E-state index contributed by atoms with van der Waals surface area (Å²) in [7, 11) is 0. The minimum absolute atomic E-state index is 0.0706. The van der Waals surface area contributed by atoms with Crippen LogP contribution in [0.4, 0.5) is 5.69 Å². The van der Waals surface area contributed by atoms with Gasteiger partial charge in [0.2, 0.25) is 0 Å². The van der Waals surface area contributed by atoms with Gasteiger partial charge in [0.05, 0.1) is 6.61 Å². The van der Waals surface area contributed by atoms with Gasteiger partial charge in [-0.25, -0.2) is 0 Å². The Morgan fingerprint density at radius 1 is 1.04 bits per heavy atom. The Morgan fingerprint density at radius 3 is 2.65 bits per heavy atom. The molecular formula is C22H19NO3. The minimum atomic E-state index is -0.291. The predicted molar refractivity (Wildman–Crippen MR) is 104 cm³/mol. The quantitative estimate of drug-likeness (QED) is 0.552. The van der Waals surface area contributed by atoms with Gasteiger partial charge in [-0.1, -0.05) is 48.5 Å². The lowest BCUT2D eigenvalue weighted by molar-refractivity contribution is 0.0998. The van der Waals surface area contributed by atoms with E-state index in [1.54, 1.807) is 6.07 Å². The predicted octanol–water partition coefficient (Wildman–Crippen LogP) is 4.95. The summed E-state index contributed by atoms with van der Waals surface area (Å²) in [5.74, 6) is 0.0196. The van der Waals surface area contributed by atoms with Crippen LogP contribution in [0, 0.1) is 13.8 Å². The topological polar surface area (TPSA) is 62.5 Å². The van der Waals surface area contributed by atoms with Gasteiger partial charge in [0.25, 0.3) is 5.91 Å². The average molecular weight is 345 g/mol. The first-order valence-electron chi connectivity index (χ1n) is 8.51. The number of furan rings is 1. The molecule has 0 fully saturated rings. The lowest BCUT2D eigenvalue weighted by Gasteiger charge is -2.09. The van der Waals surface area contributed by atoms with E-state index in [-0.39, 0.29) is 12.5 Å². The third-order valence-electron chi connectivity index (χ3n) is 4.77. The number of carbonyl (C=O) groups is 1. The van der Waals surface area contributed by atoms with Gasteiger partial charge in [-0.2, -0.15) is 0 Å². The molecule has 2 N–H and O–H groups in total. The van der Waals surface area contributed by atoms with Crippen LogP contribution in [0.3, 0.4) is 0 Å². The van der Waals surface area contributed by atoms with Crippen molar-refractivity contribution in [2.75, 3.05) is 5.32 Å². The van der Waals surface area contributed by atoms with Crippen molar-refractivity contribution in [1.82, 2.24) is 0 Å². The lowest BCUT2D eigenvalue weighted by atomic mass is 10.1. The molecule has 4 heteroatoms. The van der Waals surface area contributed by atoms with Crippen molar-refractivity contribution >= 4 is 33.3 Å². The number of aryl methyl sites for hydroxylation is 2. The Hall–Kier alpha value is -3.11. The molecule has 0 spiro atoms. The van der Waals surface area contributed by atoms with Crippen molar-refractivity contribution in [2.45, 2.75) is 20.5 Å². The lowest BCUT2D eigenvalue weighted by Crippen LogP contribution is -2.13. The molecule has 0 unspecified atom stereocenters. The smallest absolute Gasteiger partial charge is 0.291 e. The zero-order valence-corrected chi connectivity index (χ0v) is 14.7. The van der Waals surface area contributed by atoms with Gasteiger partial charge in [-0.3, -0.25) is 4.79 Å². The highest BCUT2D eigenvalue weighted by atomic mass is 16.3. The molecule has 0 atom stereocenters. The Kier molecular flexibility index (Phi) is 3.98. The molecule has 0 saturated carbocycles. The van der Waals surface area contributed by atoms with E-state index in [1.807, 2.05) is 62.4 Å². The summed E-state index contributed by atoms with van der Waals surface area (Å²) < 4.78 is 5.98. The van der Waals surface area contributed by atoms with Gasteiger partial charge in [0.15, 0.2) is 5.76 Å². The second-order valence-electron chi connectivity index (χ2n) is 6.48. The molecule has 0 aliphatic heterocycles. The maximum atomic E-state index is 12.8. The largest absolute Gasteiger partial charge is 0.450 e. The highest BCUT2D eigenvalue weighted by molar-refractivity contribution is 6.11. The van der Waals surface area contributed by atoms with Gasteiger partial charge in [-0.05, 0) is 36.4 Å². The van der Waals surface area contributed by atoms with Crippen molar-refractivity contribution in [3.8, 4) is 0 Å². The summed E-state index contributed by atoms with van der Waals surface area (Å²) in [6.45, 7) is 3.74. The number of amides is 1. The van der Waals surface area contributed by atoms with Crippen LogP contribution in [0.5, 0.6) is 0 Å². The Morgan fingerprint density at radius 2 is 1.85 bits per heavy atom. The van der Waals surface area contributed by atoms with Crippen LogP contribution < -0.4 is 5.32 Å². The summed E-state index contributed by atoms with van der Waals surface area (Å²) in [4.78, 5) is 12.8. The number of anilines is 1. The van der Waals surface area contributed by atoms with E-state index >= 15 is 0 Å². The normalized spacial score (nSPS) is 11.2. The average Bonchev–Trinajstić information content (AvgIpc) is 3.01. The van der Waals surface area contributed by atoms with Gasteiger partial charge < -0.3 is 14.8 Å². The Labute approximate surface area is 151 Å². The summed E-state index contributed by atoms with van der Waals surface area (Å²) in [6.07, 6.45) is 0. The first-order valence-corrected chi connectivity index (χ1v) is 8.51. The van der Waals surface area contributed by atoms with Crippen molar-refractivity contribution in [3.05, 3.63) is 77.0 Å². The zero-order valence-electron chi connectivity index (χ0n) is 14.7. The molecule has 130 valence electrons. The molecule has 3 aromatic carbocycles. The molecule has 1 amide bonds. The minimum Gasteiger partial charge on any atom is -0.450 e. The molecule has 0 aliphatic rings. The first-order chi connectivity index (χ1) is 12.6. The molecule has 4 nitrogen and oxygen atoms in total. The van der Waals surface area contributed by atoms with Crippen LogP contribution in [0.15, 0.2) is 59.0 Å². The Balaban J connectivity index is 1.78. The summed E-state index contributed by atoms with van der Waals surface area (Å²) in [5.41, 5.74) is 3.89. The first kappa shape index (κ1) is 16.4. The fourth-order valence-corrected chi connectivity index (χ4v) is 3.25. The molecule has 0 saturated heterocycles. The molecule has 1 aromatic heterocycles. The summed E-state index contributed by atoms with van der Waals surface area (Å²) in [6, 6.07) is 17.5. The SMILES string of the molecule is Cc1ccc(CO)cc1NC(=O)c1oc2c(ccc3ccccc32)c1C. The number of rotatable bonds is 3. The second-order valence-corrected chi connectivity index (χ2v) is 6.48. The van der Waals surface area contributed by atoms with Gasteiger partial charge in [-0.15, -0.1) is 0 Å². The number of aliphatic hydroxyl groups excluding tert-OH is 1. The van der Waals surface area contributed by atoms with E-state index in [2.05, 4.69) is 5.32 Å². The Bertz CT molecular complexity index is 1140. The fourth-order valence-electron chi connectivity index (χ4n) is 3.25. The second kappa shape index (κ2) is 6.32. The van der Waals surface area contributed by atoms with Crippen molar-refractivity contribution < 1.29 is 14.3 Å². The van der Waals surface area contributed by atoms with E-state index < -0.39 is 0 Å². The molecular weight excluding hydrogens is 326 g/mol. The molecule has 0 bridgehead atoms. The monoisotopic (exact) mass is 345 g/mol. The number of benzene rings is 3. The van der Waals surface area contributed by atoms with Crippen LogP contribution in [0.2, 0.25) is 0 Å². The number of hydrogen-bond donors (Lipinski definition) is 2. The summed E-state index contributed by atoms with van der Waals surface area (Å²) >= 11 is 0. The van der Waals surface area contributed by atoms with E-state index in [1.165, 1.54) is 0 Å². The molecule has 0 aliphatic carbocycles. The number of carbonyl (C=O) groups excluding carboxylic acids is 1. The molecule has 4 aromatic rings. The fraction of sp³-hybridized carbons (Fsp3) is 0.136. The van der Waals surface area contributed by atoms with Crippen LogP contribution in [-0.4, -0.2) is 11.0 Å². The van der Waals surface area contributed by atoms with E-state index in [0.717, 1.165) is 38.4 Å². The van der Waals surface area contributed by atoms with E-state index in [0.29, 0.717) is 11.4 Å². The van der Waals surface area contributed by atoms with Crippen LogP contribution >= 0.6 is 0 Å². The van der Waals surface area contributed by atoms with Crippen molar-refractivity contribution in [1.29, 1.82) is 0 Å². The summed E-state index contributed by atoms with van der Waals surface area (Å²) in [5, 5.41) is 15.2. The van der Waals surface area contributed by atoms with Crippen LogP contribution in [-0.2, 0) is 6.61 Å². The zero-order chi connectivity index (χ0) is 18.3. The molecule has 1 heterocycles. The van der Waals surface area contributed by atoms with E-state index in [9.17, 15) is 9.90 Å². The highest BCUT2D eigenvalue weighted by Crippen LogP contribution is 2.32. The van der Waals surface area contributed by atoms with Gasteiger partial charge >= 0.3 is 0 Å². The van der Waals surface area contributed by atoms with Crippen LogP contribution in [0.1, 0.15) is 27.2 Å². The van der Waals surface area contributed by atoms with E-state index in [4.69, 9.17) is 4.42 Å². The standard InChI is InChI=1S/C22H19NO3/c1-13-7-8-15(12-24)11-19(13)23-22(25)20-14(2)17-10-9-16-5-3-4-6-18(16)21(17)26-20/h3-11,24H,12H2,1-2H3,(H,23,25). The third kappa shape index (κ3) is 2.65. The number of hydrogen-bond acceptors (Lipinski definition) is 3. The maximum absolute atomic E-state index is 12.8. The van der Waals surface area contributed by atoms with Gasteiger partial charge in [0, 0.05) is 22.0 Å². The number of nitrogens with one attached hydrogen (secondary N) is 1.